The van der Waals surface area contributed by atoms with E-state index >= 15 is 0 Å². The second kappa shape index (κ2) is 2.78. The highest BCUT2D eigenvalue weighted by molar-refractivity contribution is 5.19. The average Bonchev–Trinajstić information content (AvgIpc) is 1.97. The molecule has 0 atom stereocenters. The zero-order chi connectivity index (χ0) is 8.43. The van der Waals surface area contributed by atoms with Gasteiger partial charge < -0.3 is 9.67 Å². The van der Waals surface area contributed by atoms with E-state index in [1.807, 2.05) is 6.92 Å². The minimum atomic E-state index is -0.306. The van der Waals surface area contributed by atoms with Crippen LogP contribution in [0.15, 0.2) is 17.1 Å². The van der Waals surface area contributed by atoms with Crippen molar-refractivity contribution in [3.63, 3.8) is 0 Å². The van der Waals surface area contributed by atoms with Gasteiger partial charge in [0.15, 0.2) is 5.75 Å². The molecule has 11 heavy (non-hydrogen) atoms. The summed E-state index contributed by atoms with van der Waals surface area (Å²) in [5, 5.41) is 8.99. The van der Waals surface area contributed by atoms with Gasteiger partial charge in [-0.25, -0.2) is 0 Å². The Morgan fingerprint density at radius 2 is 2.27 bits per heavy atom. The minimum absolute atomic E-state index is 0.190. The number of aromatic hydroxyl groups is 1. The highest BCUT2D eigenvalue weighted by Gasteiger charge is 1.99. The molecule has 0 aromatic carbocycles. The Morgan fingerprint density at radius 1 is 1.64 bits per heavy atom. The standard InChI is InChI=1S/C8H11NO2/c1-3-6-4-7(10)8(11)5-9(6)2/h4-5,11H,3H2,1-2H3. The molecule has 0 aliphatic heterocycles. The molecule has 3 heteroatoms. The predicted octanol–water partition coefficient (Wildman–Crippen LogP) is 0.653. The van der Waals surface area contributed by atoms with Crippen LogP contribution in [0.5, 0.6) is 5.75 Å². The summed E-state index contributed by atoms with van der Waals surface area (Å²) in [6.07, 6.45) is 2.23. The third kappa shape index (κ3) is 1.42. The number of hydrogen-bond donors (Lipinski definition) is 1. The van der Waals surface area contributed by atoms with E-state index in [1.54, 1.807) is 11.6 Å². The van der Waals surface area contributed by atoms with Crippen LogP contribution in [0.3, 0.4) is 0 Å². The van der Waals surface area contributed by atoms with E-state index in [0.29, 0.717) is 0 Å². The van der Waals surface area contributed by atoms with Crippen molar-refractivity contribution < 1.29 is 5.11 Å². The lowest BCUT2D eigenvalue weighted by atomic mass is 10.3. The van der Waals surface area contributed by atoms with E-state index in [-0.39, 0.29) is 11.2 Å². The monoisotopic (exact) mass is 153 g/mol. The molecule has 0 spiro atoms. The fourth-order valence-corrected chi connectivity index (χ4v) is 1.01. The van der Waals surface area contributed by atoms with Crippen molar-refractivity contribution in [2.75, 3.05) is 0 Å². The molecule has 0 saturated carbocycles. The number of aromatic nitrogens is 1. The number of pyridine rings is 1. The summed E-state index contributed by atoms with van der Waals surface area (Å²) >= 11 is 0. The molecule has 0 amide bonds. The Kier molecular flexibility index (Phi) is 1.98. The number of hydrogen-bond acceptors (Lipinski definition) is 2. The third-order valence-electron chi connectivity index (χ3n) is 1.68. The molecule has 1 N–H and O–H groups in total. The normalized spacial score (nSPS) is 10.0. The lowest BCUT2D eigenvalue weighted by Crippen LogP contribution is -2.08. The summed E-state index contributed by atoms with van der Waals surface area (Å²) in [5.74, 6) is -0.190. The molecule has 0 unspecified atom stereocenters. The smallest absolute Gasteiger partial charge is 0.223 e. The molecule has 0 fully saturated rings. The van der Waals surface area contributed by atoms with Gasteiger partial charge in [0, 0.05) is 25.0 Å². The maximum Gasteiger partial charge on any atom is 0.223 e. The van der Waals surface area contributed by atoms with Crippen LogP contribution in [0.4, 0.5) is 0 Å². The van der Waals surface area contributed by atoms with Crippen molar-refractivity contribution in [1.82, 2.24) is 4.57 Å². The van der Waals surface area contributed by atoms with Crippen molar-refractivity contribution in [1.29, 1.82) is 0 Å². The van der Waals surface area contributed by atoms with Crippen LogP contribution in [0.25, 0.3) is 0 Å². The van der Waals surface area contributed by atoms with Crippen molar-refractivity contribution >= 4 is 0 Å². The van der Waals surface area contributed by atoms with Gasteiger partial charge in [0.1, 0.15) is 0 Å². The Morgan fingerprint density at radius 3 is 2.82 bits per heavy atom. The maximum absolute atomic E-state index is 10.9. The first kappa shape index (κ1) is 7.85. The zero-order valence-corrected chi connectivity index (χ0v) is 6.66. The third-order valence-corrected chi connectivity index (χ3v) is 1.68. The molecule has 1 rings (SSSR count). The van der Waals surface area contributed by atoms with E-state index in [2.05, 4.69) is 0 Å². The molecule has 0 aliphatic rings. The van der Waals surface area contributed by atoms with Gasteiger partial charge in [-0.3, -0.25) is 4.79 Å². The SMILES string of the molecule is CCc1cc(=O)c(O)cn1C. The topological polar surface area (TPSA) is 42.2 Å². The maximum atomic E-state index is 10.9. The van der Waals surface area contributed by atoms with Crippen LogP contribution in [-0.4, -0.2) is 9.67 Å². The first-order valence-corrected chi connectivity index (χ1v) is 3.53. The predicted molar refractivity (Wildman–Crippen MR) is 42.7 cm³/mol. The first-order valence-electron chi connectivity index (χ1n) is 3.53. The van der Waals surface area contributed by atoms with E-state index in [9.17, 15) is 4.79 Å². The molecular weight excluding hydrogens is 142 g/mol. The van der Waals surface area contributed by atoms with Gasteiger partial charge >= 0.3 is 0 Å². The lowest BCUT2D eigenvalue weighted by molar-refractivity contribution is 0.462. The van der Waals surface area contributed by atoms with Crippen LogP contribution in [0.1, 0.15) is 12.6 Å². The lowest BCUT2D eigenvalue weighted by Gasteiger charge is -2.04. The van der Waals surface area contributed by atoms with E-state index in [1.165, 1.54) is 12.3 Å². The largest absolute Gasteiger partial charge is 0.503 e. The van der Waals surface area contributed by atoms with Crippen LogP contribution >= 0.6 is 0 Å². The summed E-state index contributed by atoms with van der Waals surface area (Å²) < 4.78 is 1.75. The Labute approximate surface area is 64.9 Å². The van der Waals surface area contributed by atoms with Crippen molar-refractivity contribution in [2.45, 2.75) is 13.3 Å². The van der Waals surface area contributed by atoms with E-state index < -0.39 is 0 Å². The van der Waals surface area contributed by atoms with Gasteiger partial charge in [-0.15, -0.1) is 0 Å². The Bertz CT molecular complexity index is 314. The summed E-state index contributed by atoms with van der Waals surface area (Å²) in [7, 11) is 1.80. The molecule has 1 aromatic rings. The van der Waals surface area contributed by atoms with Gasteiger partial charge in [0.05, 0.1) is 0 Å². The summed E-state index contributed by atoms with van der Waals surface area (Å²) in [5.41, 5.74) is 0.618. The fourth-order valence-electron chi connectivity index (χ4n) is 1.01. The van der Waals surface area contributed by atoms with Crippen LogP contribution < -0.4 is 5.43 Å². The number of nitrogens with zero attached hydrogens (tertiary/aromatic N) is 1. The first-order chi connectivity index (χ1) is 5.15. The molecule has 1 aromatic heterocycles. The highest BCUT2D eigenvalue weighted by atomic mass is 16.3. The second-order valence-electron chi connectivity index (χ2n) is 2.48. The van der Waals surface area contributed by atoms with Gasteiger partial charge in [-0.1, -0.05) is 6.92 Å². The van der Waals surface area contributed by atoms with Crippen LogP contribution in [0, 0.1) is 0 Å². The average molecular weight is 153 g/mol. The number of rotatable bonds is 1. The number of aryl methyl sites for hydroxylation is 2. The van der Waals surface area contributed by atoms with Crippen molar-refractivity contribution in [2.24, 2.45) is 7.05 Å². The fraction of sp³-hybridized carbons (Fsp3) is 0.375. The van der Waals surface area contributed by atoms with E-state index in [4.69, 9.17) is 5.11 Å². The molecular formula is C8H11NO2. The molecule has 0 bridgehead atoms. The highest BCUT2D eigenvalue weighted by Crippen LogP contribution is 2.02. The van der Waals surface area contributed by atoms with Crippen LogP contribution in [0.2, 0.25) is 0 Å². The molecule has 1 heterocycles. The summed E-state index contributed by atoms with van der Waals surface area (Å²) in [6, 6.07) is 1.45. The van der Waals surface area contributed by atoms with Gasteiger partial charge in [0.25, 0.3) is 0 Å². The Hall–Kier alpha value is -1.25. The minimum Gasteiger partial charge on any atom is -0.503 e. The van der Waals surface area contributed by atoms with Crippen LogP contribution in [-0.2, 0) is 13.5 Å². The van der Waals surface area contributed by atoms with Gasteiger partial charge in [-0.2, -0.15) is 0 Å². The van der Waals surface area contributed by atoms with Gasteiger partial charge in [0.2, 0.25) is 5.43 Å². The quantitative estimate of drug-likeness (QED) is 0.643. The second-order valence-corrected chi connectivity index (χ2v) is 2.48. The van der Waals surface area contributed by atoms with Gasteiger partial charge in [-0.05, 0) is 6.42 Å². The molecule has 3 nitrogen and oxygen atoms in total. The van der Waals surface area contributed by atoms with E-state index in [0.717, 1.165) is 12.1 Å². The molecule has 0 aliphatic carbocycles. The summed E-state index contributed by atoms with van der Waals surface area (Å²) in [4.78, 5) is 10.9. The Balaban J connectivity index is 3.32. The molecule has 0 radical (unpaired) electrons. The molecule has 0 saturated heterocycles. The van der Waals surface area contributed by atoms with Crippen molar-refractivity contribution in [3.05, 3.63) is 28.2 Å². The zero-order valence-electron chi connectivity index (χ0n) is 6.66. The van der Waals surface area contributed by atoms with Crippen molar-refractivity contribution in [3.8, 4) is 5.75 Å². The summed E-state index contributed by atoms with van der Waals surface area (Å²) in [6.45, 7) is 1.96. The molecule has 60 valence electrons.